The van der Waals surface area contributed by atoms with Crippen molar-refractivity contribution in [3.05, 3.63) is 106 Å². The lowest BCUT2D eigenvalue weighted by molar-refractivity contribution is -0.384. The van der Waals surface area contributed by atoms with E-state index >= 15 is 0 Å². The molecule has 1 aliphatic heterocycles. The van der Waals surface area contributed by atoms with Gasteiger partial charge >= 0.3 is 0 Å². The molecule has 1 fully saturated rings. The lowest BCUT2D eigenvalue weighted by Gasteiger charge is -2.25. The van der Waals surface area contributed by atoms with Crippen LogP contribution in [0.15, 0.2) is 84.4 Å². The van der Waals surface area contributed by atoms with E-state index in [1.165, 1.54) is 29.2 Å². The largest absolute Gasteiger partial charge is 0.507 e. The van der Waals surface area contributed by atoms with Gasteiger partial charge in [-0.1, -0.05) is 30.3 Å². The monoisotopic (exact) mass is 444 g/mol. The molecule has 0 spiro atoms. The highest BCUT2D eigenvalue weighted by molar-refractivity contribution is 6.51. The van der Waals surface area contributed by atoms with E-state index < -0.39 is 28.4 Å². The first-order valence-corrected chi connectivity index (χ1v) is 10.3. The highest BCUT2D eigenvalue weighted by atomic mass is 16.6. The Kier molecular flexibility index (Phi) is 5.91. The van der Waals surface area contributed by atoms with E-state index in [0.717, 1.165) is 0 Å². The summed E-state index contributed by atoms with van der Waals surface area (Å²) < 4.78 is 5.49. The van der Waals surface area contributed by atoms with Gasteiger partial charge in [0, 0.05) is 23.4 Å². The van der Waals surface area contributed by atoms with Crippen molar-refractivity contribution in [3.63, 3.8) is 0 Å². The average molecular weight is 444 g/mol. The van der Waals surface area contributed by atoms with Gasteiger partial charge in [0.2, 0.25) is 0 Å². The highest BCUT2D eigenvalue weighted by Gasteiger charge is 2.46. The van der Waals surface area contributed by atoms with Gasteiger partial charge in [0.15, 0.2) is 0 Å². The normalized spacial score (nSPS) is 17.2. The number of aliphatic hydroxyl groups is 1. The van der Waals surface area contributed by atoms with Crippen molar-refractivity contribution >= 4 is 28.8 Å². The number of carbonyl (C=O) groups excluding carboxylic acids is 2. The molecule has 1 aliphatic rings. The molecule has 4 rings (SSSR count). The van der Waals surface area contributed by atoms with Crippen molar-refractivity contribution in [2.45, 2.75) is 13.0 Å². The maximum atomic E-state index is 13.1. The molecule has 0 saturated carbocycles. The molecule has 0 aromatic heterocycles. The number of ether oxygens (including phenoxy) is 1. The Morgan fingerprint density at radius 1 is 1.00 bits per heavy atom. The Bertz CT molecular complexity index is 1230. The molecule has 3 aromatic rings. The molecule has 0 bridgehead atoms. The first-order valence-electron chi connectivity index (χ1n) is 10.3. The minimum atomic E-state index is -0.890. The van der Waals surface area contributed by atoms with Crippen molar-refractivity contribution in [3.8, 4) is 5.75 Å². The quantitative estimate of drug-likeness (QED) is 0.195. The molecule has 8 heteroatoms. The number of anilines is 1. The molecule has 1 N–H and O–H groups in total. The van der Waals surface area contributed by atoms with Gasteiger partial charge < -0.3 is 9.84 Å². The van der Waals surface area contributed by atoms with Gasteiger partial charge in [-0.05, 0) is 48.9 Å². The third-order valence-corrected chi connectivity index (χ3v) is 5.34. The van der Waals surface area contributed by atoms with E-state index in [9.17, 15) is 24.8 Å². The van der Waals surface area contributed by atoms with Crippen LogP contribution < -0.4 is 9.64 Å². The molecule has 1 heterocycles. The lowest BCUT2D eigenvalue weighted by atomic mass is 9.95. The zero-order valence-electron chi connectivity index (χ0n) is 17.7. The second kappa shape index (κ2) is 8.96. The molecule has 1 unspecified atom stereocenters. The zero-order chi connectivity index (χ0) is 23.5. The molecule has 0 radical (unpaired) electrons. The lowest BCUT2D eigenvalue weighted by Crippen LogP contribution is -2.29. The van der Waals surface area contributed by atoms with Crippen LogP contribution in [-0.2, 0) is 9.59 Å². The minimum Gasteiger partial charge on any atom is -0.507 e. The van der Waals surface area contributed by atoms with E-state index in [4.69, 9.17) is 4.74 Å². The molecular formula is C25H20N2O6. The Balaban J connectivity index is 1.87. The number of nitrogens with zero attached hydrogens (tertiary/aromatic N) is 2. The summed E-state index contributed by atoms with van der Waals surface area (Å²) in [5.41, 5.74) is 1.05. The van der Waals surface area contributed by atoms with Gasteiger partial charge in [0.25, 0.3) is 17.4 Å². The molecule has 3 aromatic carbocycles. The van der Waals surface area contributed by atoms with Crippen molar-refractivity contribution in [2.24, 2.45) is 0 Å². The van der Waals surface area contributed by atoms with Crippen LogP contribution in [0.5, 0.6) is 5.75 Å². The maximum Gasteiger partial charge on any atom is 0.300 e. The molecule has 33 heavy (non-hydrogen) atoms. The van der Waals surface area contributed by atoms with E-state index in [0.29, 0.717) is 23.6 Å². The summed E-state index contributed by atoms with van der Waals surface area (Å²) >= 11 is 0. The van der Waals surface area contributed by atoms with E-state index in [1.54, 1.807) is 54.6 Å². The Morgan fingerprint density at radius 2 is 1.64 bits per heavy atom. The number of benzene rings is 3. The molecule has 166 valence electrons. The predicted octanol–water partition coefficient (Wildman–Crippen LogP) is 4.62. The number of hydrogen-bond donors (Lipinski definition) is 1. The second-order valence-corrected chi connectivity index (χ2v) is 7.31. The van der Waals surface area contributed by atoms with E-state index in [-0.39, 0.29) is 16.8 Å². The van der Waals surface area contributed by atoms with Gasteiger partial charge in [-0.25, -0.2) is 0 Å². The number of nitro benzene ring substituents is 1. The van der Waals surface area contributed by atoms with Crippen LogP contribution in [0.25, 0.3) is 5.76 Å². The fourth-order valence-electron chi connectivity index (χ4n) is 3.81. The first kappa shape index (κ1) is 21.8. The summed E-state index contributed by atoms with van der Waals surface area (Å²) in [6.45, 7) is 2.35. The molecule has 1 atom stereocenters. The summed E-state index contributed by atoms with van der Waals surface area (Å²) in [7, 11) is 0. The van der Waals surface area contributed by atoms with E-state index in [1.807, 2.05) is 6.92 Å². The topological polar surface area (TPSA) is 110 Å². The highest BCUT2D eigenvalue weighted by Crippen LogP contribution is 2.42. The van der Waals surface area contributed by atoms with E-state index in [2.05, 4.69) is 0 Å². The predicted molar refractivity (Wildman–Crippen MR) is 122 cm³/mol. The first-order chi connectivity index (χ1) is 15.9. The number of para-hydroxylation sites is 1. The molecule has 1 amide bonds. The fourth-order valence-corrected chi connectivity index (χ4v) is 3.81. The summed E-state index contributed by atoms with van der Waals surface area (Å²) in [5, 5.41) is 22.0. The zero-order valence-corrected chi connectivity index (χ0v) is 17.7. The second-order valence-electron chi connectivity index (χ2n) is 7.31. The number of rotatable bonds is 6. The smallest absolute Gasteiger partial charge is 0.300 e. The Morgan fingerprint density at radius 3 is 2.21 bits per heavy atom. The number of hydrogen-bond acceptors (Lipinski definition) is 6. The maximum absolute atomic E-state index is 13.1. The number of carbonyl (C=O) groups is 2. The van der Waals surface area contributed by atoms with Gasteiger partial charge in [-0.15, -0.1) is 0 Å². The number of Topliss-reactive ketones (excluding diaryl/α,β-unsaturated/α-hetero) is 1. The summed E-state index contributed by atoms with van der Waals surface area (Å²) in [6.07, 6.45) is 0. The fraction of sp³-hybridized carbons (Fsp3) is 0.120. The number of non-ortho nitro benzene ring substituents is 1. The Labute approximate surface area is 189 Å². The number of ketones is 1. The van der Waals surface area contributed by atoms with Crippen LogP contribution in [0.2, 0.25) is 0 Å². The van der Waals surface area contributed by atoms with Crippen LogP contribution in [-0.4, -0.2) is 28.3 Å². The summed E-state index contributed by atoms with van der Waals surface area (Å²) in [4.78, 5) is 37.9. The number of aliphatic hydroxyl groups excluding tert-OH is 1. The van der Waals surface area contributed by atoms with Gasteiger partial charge in [0.05, 0.1) is 23.1 Å². The third kappa shape index (κ3) is 4.06. The molecule has 1 saturated heterocycles. The van der Waals surface area contributed by atoms with Gasteiger partial charge in [-0.2, -0.15) is 0 Å². The average Bonchev–Trinajstić information content (AvgIpc) is 3.10. The van der Waals surface area contributed by atoms with Gasteiger partial charge in [-0.3, -0.25) is 24.6 Å². The number of amides is 1. The van der Waals surface area contributed by atoms with Crippen molar-refractivity contribution in [1.82, 2.24) is 0 Å². The van der Waals surface area contributed by atoms with Gasteiger partial charge in [0.1, 0.15) is 11.5 Å². The SMILES string of the molecule is CCOc1ccc(C2/C(=C(/O)c3ccc([N+](=O)[O-])cc3)C(=O)C(=O)N2c2ccccc2)cc1. The van der Waals surface area contributed by atoms with Crippen LogP contribution in [0.1, 0.15) is 24.1 Å². The standard InChI is InChI=1S/C25H20N2O6/c1-2-33-20-14-10-16(11-15-20)22-21(23(28)17-8-12-19(13-9-17)27(31)32)24(29)25(30)26(22)18-6-4-3-5-7-18/h3-15,22,28H,2H2,1H3/b23-21-. The molecule has 0 aliphatic carbocycles. The third-order valence-electron chi connectivity index (χ3n) is 5.34. The molecule has 8 nitrogen and oxygen atoms in total. The summed E-state index contributed by atoms with van der Waals surface area (Å²) in [5.74, 6) is -1.38. The van der Waals surface area contributed by atoms with Crippen LogP contribution in [0.4, 0.5) is 11.4 Å². The summed E-state index contributed by atoms with van der Waals surface area (Å²) in [6, 6.07) is 19.9. The van der Waals surface area contributed by atoms with Crippen LogP contribution in [0, 0.1) is 10.1 Å². The van der Waals surface area contributed by atoms with Crippen LogP contribution >= 0.6 is 0 Å². The van der Waals surface area contributed by atoms with Crippen LogP contribution in [0.3, 0.4) is 0 Å². The van der Waals surface area contributed by atoms with Crippen molar-refractivity contribution in [2.75, 3.05) is 11.5 Å². The molecular weight excluding hydrogens is 424 g/mol. The van der Waals surface area contributed by atoms with Crippen molar-refractivity contribution < 1.29 is 24.4 Å². The number of nitro groups is 1. The Hall–Kier alpha value is -4.46. The van der Waals surface area contributed by atoms with Crippen molar-refractivity contribution in [1.29, 1.82) is 0 Å². The minimum absolute atomic E-state index is 0.0955.